The number of ether oxygens (including phenoxy) is 1. The third-order valence-electron chi connectivity index (χ3n) is 4.74. The van der Waals surface area contributed by atoms with Crippen LogP contribution < -0.4 is 0 Å². The molecule has 0 N–H and O–H groups in total. The number of carbonyl (C=O) groups excluding carboxylic acids is 1. The molecule has 2 aliphatic rings. The average molecular weight is 301 g/mol. The van der Waals surface area contributed by atoms with Crippen molar-refractivity contribution < 1.29 is 9.53 Å². The van der Waals surface area contributed by atoms with Gasteiger partial charge in [0, 0.05) is 13.1 Å². The fourth-order valence-electron chi connectivity index (χ4n) is 3.41. The lowest BCUT2D eigenvalue weighted by atomic mass is 9.83. The molecule has 0 spiro atoms. The molecular formula is C16H31NO2S. The van der Waals surface area contributed by atoms with Crippen molar-refractivity contribution in [3.63, 3.8) is 0 Å². The predicted molar refractivity (Wildman–Crippen MR) is 87.8 cm³/mol. The third kappa shape index (κ3) is 3.84. The first-order valence-corrected chi connectivity index (χ1v) is 10.4. The van der Waals surface area contributed by atoms with Crippen molar-refractivity contribution in [2.45, 2.75) is 63.3 Å². The Kier molecular flexibility index (Phi) is 4.35. The molecule has 0 aromatic carbocycles. The average Bonchev–Trinajstić information content (AvgIpc) is 2.95. The van der Waals surface area contributed by atoms with E-state index in [0.717, 1.165) is 17.6 Å². The Bertz CT molecular complexity index is 375. The molecule has 3 nitrogen and oxygen atoms in total. The Hall–Kier alpha value is -0.380. The van der Waals surface area contributed by atoms with Gasteiger partial charge in [0.2, 0.25) is 0 Å². The van der Waals surface area contributed by atoms with E-state index in [0.29, 0.717) is 6.04 Å². The highest BCUT2D eigenvalue weighted by atomic mass is 32.3. The van der Waals surface area contributed by atoms with Gasteiger partial charge in [-0.15, -0.1) is 0 Å². The van der Waals surface area contributed by atoms with Crippen LogP contribution in [0.3, 0.4) is 0 Å². The second-order valence-electron chi connectivity index (χ2n) is 8.00. The predicted octanol–water partition coefficient (Wildman–Crippen LogP) is 3.86. The van der Waals surface area contributed by atoms with E-state index >= 15 is 0 Å². The summed E-state index contributed by atoms with van der Waals surface area (Å²) >= 11 is 0. The van der Waals surface area contributed by atoms with Crippen molar-refractivity contribution in [1.29, 1.82) is 0 Å². The van der Waals surface area contributed by atoms with Gasteiger partial charge in [-0.25, -0.2) is 14.8 Å². The fraction of sp³-hybridized carbons (Fsp3) is 0.938. The van der Waals surface area contributed by atoms with Crippen LogP contribution in [-0.4, -0.2) is 53.2 Å². The molecule has 2 rings (SSSR count). The lowest BCUT2D eigenvalue weighted by molar-refractivity contribution is 0.0166. The van der Waals surface area contributed by atoms with Crippen molar-refractivity contribution in [2.75, 3.05) is 25.3 Å². The van der Waals surface area contributed by atoms with Crippen molar-refractivity contribution in [1.82, 2.24) is 4.90 Å². The standard InChI is InChI=1S/C16H31NO2S/c1-16(2,3)19-15(18)17(4)13-9-7-8-12(10-13)14-11-20(14,5)6/h12-14H,7-11H2,1-6H3. The van der Waals surface area contributed by atoms with E-state index in [1.54, 1.807) is 0 Å². The fourth-order valence-corrected chi connectivity index (χ4v) is 6.56. The van der Waals surface area contributed by atoms with Crippen LogP contribution in [-0.2, 0) is 4.74 Å². The van der Waals surface area contributed by atoms with Crippen LogP contribution in [0.4, 0.5) is 4.79 Å². The number of nitrogens with zero attached hydrogens (tertiary/aromatic N) is 1. The SMILES string of the molecule is CN(C(=O)OC(C)(C)C)C1CCCC(C2CS2(C)C)C1. The minimum atomic E-state index is -0.401. The number of amides is 1. The van der Waals surface area contributed by atoms with Crippen LogP contribution in [0.2, 0.25) is 0 Å². The highest BCUT2D eigenvalue weighted by molar-refractivity contribution is 8.39. The first-order valence-electron chi connectivity index (χ1n) is 7.76. The number of carbonyl (C=O) groups is 1. The molecule has 3 unspecified atom stereocenters. The Labute approximate surface area is 125 Å². The third-order valence-corrected chi connectivity index (χ3v) is 7.72. The lowest BCUT2D eigenvalue weighted by Crippen LogP contribution is -2.43. The summed E-state index contributed by atoms with van der Waals surface area (Å²) in [6.45, 7) is 5.79. The monoisotopic (exact) mass is 301 g/mol. The van der Waals surface area contributed by atoms with Crippen LogP contribution in [0.25, 0.3) is 0 Å². The van der Waals surface area contributed by atoms with Gasteiger partial charge in [0.05, 0.1) is 0 Å². The van der Waals surface area contributed by atoms with Crippen molar-refractivity contribution in [2.24, 2.45) is 5.92 Å². The quantitative estimate of drug-likeness (QED) is 0.725. The molecular weight excluding hydrogens is 270 g/mol. The zero-order valence-electron chi connectivity index (χ0n) is 13.9. The number of rotatable bonds is 2. The normalized spacial score (nSPS) is 34.2. The summed E-state index contributed by atoms with van der Waals surface area (Å²) in [6.07, 6.45) is 9.68. The van der Waals surface area contributed by atoms with E-state index in [1.807, 2.05) is 32.7 Å². The summed E-state index contributed by atoms with van der Waals surface area (Å²) in [5.41, 5.74) is -0.401. The Morgan fingerprint density at radius 3 is 2.35 bits per heavy atom. The van der Waals surface area contributed by atoms with Gasteiger partial charge in [0.1, 0.15) is 5.60 Å². The Morgan fingerprint density at radius 1 is 1.25 bits per heavy atom. The maximum absolute atomic E-state index is 12.2. The van der Waals surface area contributed by atoms with Gasteiger partial charge in [-0.1, -0.05) is 6.42 Å². The van der Waals surface area contributed by atoms with E-state index in [4.69, 9.17) is 4.74 Å². The van der Waals surface area contributed by atoms with E-state index in [1.165, 1.54) is 25.0 Å². The highest BCUT2D eigenvalue weighted by Gasteiger charge is 2.47. The molecule has 1 aliphatic heterocycles. The van der Waals surface area contributed by atoms with Crippen LogP contribution in [0.1, 0.15) is 46.5 Å². The molecule has 2 fully saturated rings. The zero-order chi connectivity index (χ0) is 15.1. The van der Waals surface area contributed by atoms with Crippen molar-refractivity contribution >= 4 is 16.1 Å². The second kappa shape index (κ2) is 5.43. The molecule has 4 heteroatoms. The van der Waals surface area contributed by atoms with Crippen LogP contribution >= 0.6 is 10.0 Å². The van der Waals surface area contributed by atoms with Crippen molar-refractivity contribution in [3.8, 4) is 0 Å². The van der Waals surface area contributed by atoms with E-state index in [9.17, 15) is 4.79 Å². The molecule has 1 saturated heterocycles. The van der Waals surface area contributed by atoms with E-state index < -0.39 is 5.60 Å². The molecule has 1 heterocycles. The summed E-state index contributed by atoms with van der Waals surface area (Å²) in [4.78, 5) is 14.0. The molecule has 0 aromatic rings. The second-order valence-corrected chi connectivity index (χ2v) is 12.2. The molecule has 1 amide bonds. The molecule has 3 atom stereocenters. The number of hydrogen-bond donors (Lipinski definition) is 0. The van der Waals surface area contributed by atoms with Gasteiger partial charge in [0.15, 0.2) is 0 Å². The summed E-state index contributed by atoms with van der Waals surface area (Å²) in [7, 11) is 1.62. The van der Waals surface area contributed by atoms with Gasteiger partial charge in [-0.05, 0) is 69.5 Å². The van der Waals surface area contributed by atoms with Gasteiger partial charge in [-0.2, -0.15) is 0 Å². The topological polar surface area (TPSA) is 29.5 Å². The largest absolute Gasteiger partial charge is 0.444 e. The first kappa shape index (κ1) is 16.0. The molecule has 0 aromatic heterocycles. The molecule has 1 saturated carbocycles. The minimum Gasteiger partial charge on any atom is -0.444 e. The van der Waals surface area contributed by atoms with Gasteiger partial charge >= 0.3 is 6.09 Å². The summed E-state index contributed by atoms with van der Waals surface area (Å²) < 4.78 is 5.50. The molecule has 0 radical (unpaired) electrons. The van der Waals surface area contributed by atoms with Crippen LogP contribution in [0.15, 0.2) is 0 Å². The maximum Gasteiger partial charge on any atom is 0.410 e. The van der Waals surface area contributed by atoms with Crippen LogP contribution in [0, 0.1) is 5.92 Å². The highest BCUT2D eigenvalue weighted by Crippen LogP contribution is 2.66. The molecule has 0 bridgehead atoms. The lowest BCUT2D eigenvalue weighted by Gasteiger charge is -2.36. The zero-order valence-corrected chi connectivity index (χ0v) is 14.8. The molecule has 118 valence electrons. The van der Waals surface area contributed by atoms with E-state index in [2.05, 4.69) is 12.5 Å². The smallest absolute Gasteiger partial charge is 0.410 e. The van der Waals surface area contributed by atoms with Crippen LogP contribution in [0.5, 0.6) is 0 Å². The Morgan fingerprint density at radius 2 is 1.85 bits per heavy atom. The molecule has 1 aliphatic carbocycles. The van der Waals surface area contributed by atoms with Gasteiger partial charge < -0.3 is 9.64 Å². The Balaban J connectivity index is 1.90. The maximum atomic E-state index is 12.2. The van der Waals surface area contributed by atoms with Gasteiger partial charge in [0.25, 0.3) is 0 Å². The minimum absolute atomic E-state index is 0.162. The van der Waals surface area contributed by atoms with Crippen molar-refractivity contribution in [3.05, 3.63) is 0 Å². The first-order chi connectivity index (χ1) is 9.10. The van der Waals surface area contributed by atoms with Gasteiger partial charge in [-0.3, -0.25) is 0 Å². The molecule has 20 heavy (non-hydrogen) atoms. The number of hydrogen-bond acceptors (Lipinski definition) is 2. The summed E-state index contributed by atoms with van der Waals surface area (Å²) in [5.74, 6) is 2.28. The summed E-state index contributed by atoms with van der Waals surface area (Å²) in [6, 6.07) is 0.374. The van der Waals surface area contributed by atoms with E-state index in [-0.39, 0.29) is 16.1 Å². The summed E-state index contributed by atoms with van der Waals surface area (Å²) in [5, 5.41) is 0.956.